The smallest absolute Gasteiger partial charge is 0.250 e. The summed E-state index contributed by atoms with van der Waals surface area (Å²) in [5.74, 6) is 0.673. The number of rotatable bonds is 8. The number of nitrogens with zero attached hydrogens (tertiary/aromatic N) is 4. The monoisotopic (exact) mass is 495 g/mol. The maximum atomic E-state index is 13.2. The quantitative estimate of drug-likeness (QED) is 0.212. The van der Waals surface area contributed by atoms with Crippen LogP contribution in [0.2, 0.25) is 5.02 Å². The van der Waals surface area contributed by atoms with Crippen molar-refractivity contribution in [2.24, 2.45) is 5.10 Å². The lowest BCUT2D eigenvalue weighted by atomic mass is 10.2. The molecule has 7 nitrogen and oxygen atoms in total. The number of hydrazone groups is 1. The minimum absolute atomic E-state index is 0.0504. The van der Waals surface area contributed by atoms with Crippen molar-refractivity contribution >= 4 is 35.5 Å². The second-order valence-corrected chi connectivity index (χ2v) is 8.36. The molecule has 0 spiro atoms. The van der Waals surface area contributed by atoms with Crippen LogP contribution in [0.3, 0.4) is 0 Å². The van der Waals surface area contributed by atoms with E-state index in [1.54, 1.807) is 31.4 Å². The number of hydrogen-bond donors (Lipinski definition) is 1. The van der Waals surface area contributed by atoms with Gasteiger partial charge in [-0.25, -0.2) is 9.82 Å². The number of halogens is 2. The number of amides is 1. The van der Waals surface area contributed by atoms with Gasteiger partial charge in [0.25, 0.3) is 5.91 Å². The Balaban J connectivity index is 1.52. The van der Waals surface area contributed by atoms with Crippen molar-refractivity contribution in [2.75, 3.05) is 12.9 Å². The second-order valence-electron chi connectivity index (χ2n) is 6.98. The third-order valence-electron chi connectivity index (χ3n) is 4.65. The van der Waals surface area contributed by atoms with Crippen molar-refractivity contribution < 1.29 is 13.9 Å². The van der Waals surface area contributed by atoms with Crippen molar-refractivity contribution in [3.8, 4) is 22.8 Å². The SMILES string of the molecule is COc1ccc(-c2nnc(SCC(=O)N/N=C\c3cccc(F)c3)n2-c2ccc(Cl)cc2)cc1. The highest BCUT2D eigenvalue weighted by molar-refractivity contribution is 7.99. The number of carbonyl (C=O) groups excluding carboxylic acids is 1. The van der Waals surface area contributed by atoms with Crippen LogP contribution < -0.4 is 10.2 Å². The van der Waals surface area contributed by atoms with E-state index in [2.05, 4.69) is 20.7 Å². The first-order valence-corrected chi connectivity index (χ1v) is 11.5. The fourth-order valence-electron chi connectivity index (χ4n) is 3.04. The van der Waals surface area contributed by atoms with Gasteiger partial charge in [-0.1, -0.05) is 35.5 Å². The molecule has 4 rings (SSSR count). The minimum Gasteiger partial charge on any atom is -0.497 e. The van der Waals surface area contributed by atoms with Crippen molar-refractivity contribution in [2.45, 2.75) is 5.16 Å². The van der Waals surface area contributed by atoms with Gasteiger partial charge in [0.15, 0.2) is 11.0 Å². The number of ether oxygens (including phenoxy) is 1. The summed E-state index contributed by atoms with van der Waals surface area (Å²) >= 11 is 7.27. The van der Waals surface area contributed by atoms with Crippen LogP contribution in [0.25, 0.3) is 17.1 Å². The molecule has 0 bridgehead atoms. The molecule has 0 saturated carbocycles. The fourth-order valence-corrected chi connectivity index (χ4v) is 3.91. The number of thioether (sulfide) groups is 1. The first kappa shape index (κ1) is 23.5. The van der Waals surface area contributed by atoms with Gasteiger partial charge in [-0.05, 0) is 66.2 Å². The zero-order chi connectivity index (χ0) is 23.9. The van der Waals surface area contributed by atoms with Crippen LogP contribution in [-0.2, 0) is 4.79 Å². The molecule has 0 saturated heterocycles. The molecule has 172 valence electrons. The average Bonchev–Trinajstić information content (AvgIpc) is 3.27. The molecule has 34 heavy (non-hydrogen) atoms. The third kappa shape index (κ3) is 5.81. The predicted molar refractivity (Wildman–Crippen MR) is 131 cm³/mol. The van der Waals surface area contributed by atoms with Crippen molar-refractivity contribution in [3.05, 3.63) is 89.2 Å². The van der Waals surface area contributed by atoms with Gasteiger partial charge in [0.1, 0.15) is 11.6 Å². The minimum atomic E-state index is -0.375. The summed E-state index contributed by atoms with van der Waals surface area (Å²) in [6.45, 7) is 0. The molecule has 1 aromatic heterocycles. The Labute approximate surface area is 204 Å². The maximum absolute atomic E-state index is 13.2. The summed E-state index contributed by atoms with van der Waals surface area (Å²) < 4.78 is 20.3. The predicted octanol–water partition coefficient (Wildman–Crippen LogP) is 4.98. The topological polar surface area (TPSA) is 81.4 Å². The molecule has 1 N–H and O–H groups in total. The van der Waals surface area contributed by atoms with Gasteiger partial charge in [0, 0.05) is 16.3 Å². The van der Waals surface area contributed by atoms with Gasteiger partial charge in [-0.2, -0.15) is 5.10 Å². The van der Waals surface area contributed by atoms with E-state index >= 15 is 0 Å². The standard InChI is InChI=1S/C24H19ClFN5O2S/c1-33-21-11-5-17(6-12-21)23-29-30-24(31(23)20-9-7-18(25)8-10-20)34-15-22(32)28-27-14-16-3-2-4-19(26)13-16/h2-14H,15H2,1H3,(H,28,32)/b27-14-. The highest BCUT2D eigenvalue weighted by Gasteiger charge is 2.17. The first-order valence-electron chi connectivity index (χ1n) is 10.1. The molecular weight excluding hydrogens is 477 g/mol. The maximum Gasteiger partial charge on any atom is 0.250 e. The Morgan fingerprint density at radius 3 is 2.62 bits per heavy atom. The van der Waals surface area contributed by atoms with Crippen LogP contribution in [0.15, 0.2) is 83.1 Å². The van der Waals surface area contributed by atoms with Gasteiger partial charge in [0.05, 0.1) is 19.1 Å². The molecule has 0 atom stereocenters. The average molecular weight is 496 g/mol. The van der Waals surface area contributed by atoms with Crippen LogP contribution in [-0.4, -0.2) is 39.7 Å². The van der Waals surface area contributed by atoms with Gasteiger partial charge in [-0.3, -0.25) is 9.36 Å². The Hall–Kier alpha value is -3.69. The molecule has 1 heterocycles. The first-order chi connectivity index (χ1) is 16.5. The largest absolute Gasteiger partial charge is 0.497 e. The molecular formula is C24H19ClFN5O2S. The van der Waals surface area contributed by atoms with E-state index in [0.29, 0.717) is 21.6 Å². The van der Waals surface area contributed by atoms with Crippen molar-refractivity contribution in [3.63, 3.8) is 0 Å². The Bertz CT molecular complexity index is 1310. The molecule has 0 aliphatic heterocycles. The number of carbonyl (C=O) groups is 1. The van der Waals surface area contributed by atoms with Crippen molar-refractivity contribution in [1.82, 2.24) is 20.2 Å². The van der Waals surface area contributed by atoms with Crippen LogP contribution in [0.4, 0.5) is 4.39 Å². The fraction of sp³-hybridized carbons (Fsp3) is 0.0833. The number of nitrogens with one attached hydrogen (secondary N) is 1. The molecule has 3 aromatic carbocycles. The van der Waals surface area contributed by atoms with E-state index in [1.807, 2.05) is 41.0 Å². The highest BCUT2D eigenvalue weighted by atomic mass is 35.5. The molecule has 4 aromatic rings. The lowest BCUT2D eigenvalue weighted by Gasteiger charge is -2.11. The Kier molecular flexibility index (Phi) is 7.56. The number of hydrogen-bond acceptors (Lipinski definition) is 6. The van der Waals surface area contributed by atoms with E-state index in [-0.39, 0.29) is 17.5 Å². The van der Waals surface area contributed by atoms with E-state index in [9.17, 15) is 9.18 Å². The van der Waals surface area contributed by atoms with E-state index in [1.165, 1.54) is 30.1 Å². The van der Waals surface area contributed by atoms with E-state index in [0.717, 1.165) is 17.0 Å². The molecule has 1 amide bonds. The van der Waals surface area contributed by atoms with Crippen LogP contribution in [0.1, 0.15) is 5.56 Å². The second kappa shape index (κ2) is 11.0. The third-order valence-corrected chi connectivity index (χ3v) is 5.83. The summed E-state index contributed by atoms with van der Waals surface area (Å²) in [6.07, 6.45) is 1.38. The van der Waals surface area contributed by atoms with E-state index in [4.69, 9.17) is 16.3 Å². The molecule has 0 radical (unpaired) electrons. The van der Waals surface area contributed by atoms with E-state index < -0.39 is 0 Å². The summed E-state index contributed by atoms with van der Waals surface area (Å²) in [7, 11) is 1.60. The number of benzene rings is 3. The van der Waals surface area contributed by atoms with Gasteiger partial charge < -0.3 is 4.74 Å². The molecule has 0 aliphatic rings. The zero-order valence-corrected chi connectivity index (χ0v) is 19.6. The lowest BCUT2D eigenvalue weighted by Crippen LogP contribution is -2.20. The lowest BCUT2D eigenvalue weighted by molar-refractivity contribution is -0.118. The van der Waals surface area contributed by atoms with Gasteiger partial charge >= 0.3 is 0 Å². The van der Waals surface area contributed by atoms with Crippen LogP contribution >= 0.6 is 23.4 Å². The summed E-state index contributed by atoms with van der Waals surface area (Å²) in [5.41, 5.74) is 4.61. The Morgan fingerprint density at radius 2 is 1.91 bits per heavy atom. The molecule has 0 fully saturated rings. The number of aromatic nitrogens is 3. The Morgan fingerprint density at radius 1 is 1.15 bits per heavy atom. The highest BCUT2D eigenvalue weighted by Crippen LogP contribution is 2.29. The summed E-state index contributed by atoms with van der Waals surface area (Å²) in [4.78, 5) is 12.3. The molecule has 0 unspecified atom stereocenters. The van der Waals surface area contributed by atoms with Gasteiger partial charge in [0.2, 0.25) is 0 Å². The molecule has 10 heteroatoms. The number of methoxy groups -OCH3 is 1. The van der Waals surface area contributed by atoms with Crippen LogP contribution in [0.5, 0.6) is 5.75 Å². The van der Waals surface area contributed by atoms with Crippen LogP contribution in [0, 0.1) is 5.82 Å². The summed E-state index contributed by atoms with van der Waals surface area (Å²) in [6, 6.07) is 20.6. The zero-order valence-electron chi connectivity index (χ0n) is 18.0. The van der Waals surface area contributed by atoms with Crippen molar-refractivity contribution in [1.29, 1.82) is 0 Å². The normalized spacial score (nSPS) is 11.0. The molecule has 0 aliphatic carbocycles. The van der Waals surface area contributed by atoms with Gasteiger partial charge in [-0.15, -0.1) is 10.2 Å². The summed E-state index contributed by atoms with van der Waals surface area (Å²) in [5, 5.41) is 13.7.